The summed E-state index contributed by atoms with van der Waals surface area (Å²) >= 11 is 0. The summed E-state index contributed by atoms with van der Waals surface area (Å²) in [6, 6.07) is 6.02. The van der Waals surface area contributed by atoms with Crippen molar-refractivity contribution in [2.45, 2.75) is 19.8 Å². The maximum Gasteiger partial charge on any atom is 0.253 e. The van der Waals surface area contributed by atoms with Crippen molar-refractivity contribution in [2.75, 3.05) is 32.1 Å². The average Bonchev–Trinajstić information content (AvgIpc) is 2.81. The molecular weight excluding hydrogens is 212 g/mol. The minimum atomic E-state index is 0.0866. The molecular formula is C14H20N2O. The molecule has 1 aromatic rings. The normalized spacial score (nSPS) is 15.1. The molecule has 0 aliphatic carbocycles. The molecule has 92 valence electrons. The van der Waals surface area contributed by atoms with Gasteiger partial charge in [0.15, 0.2) is 0 Å². The minimum absolute atomic E-state index is 0.0866. The quantitative estimate of drug-likeness (QED) is 0.781. The van der Waals surface area contributed by atoms with Gasteiger partial charge < -0.3 is 9.80 Å². The summed E-state index contributed by atoms with van der Waals surface area (Å²) in [4.78, 5) is 16.1. The summed E-state index contributed by atoms with van der Waals surface area (Å²) < 4.78 is 0. The third-order valence-corrected chi connectivity index (χ3v) is 3.39. The fraction of sp³-hybridized carbons (Fsp3) is 0.500. The van der Waals surface area contributed by atoms with Crippen molar-refractivity contribution < 1.29 is 4.79 Å². The zero-order chi connectivity index (χ0) is 12.4. The SMILES string of the molecule is Cc1c(C(=O)N(C)C)cccc1N1CCCC1. The number of nitrogens with zero attached hydrogens (tertiary/aromatic N) is 2. The van der Waals surface area contributed by atoms with Crippen LogP contribution < -0.4 is 4.90 Å². The predicted octanol–water partition coefficient (Wildman–Crippen LogP) is 2.30. The van der Waals surface area contributed by atoms with Crippen molar-refractivity contribution in [1.29, 1.82) is 0 Å². The van der Waals surface area contributed by atoms with Crippen LogP contribution in [0.3, 0.4) is 0 Å². The molecule has 0 N–H and O–H groups in total. The smallest absolute Gasteiger partial charge is 0.253 e. The van der Waals surface area contributed by atoms with Crippen LogP contribution in [0.5, 0.6) is 0 Å². The van der Waals surface area contributed by atoms with E-state index in [2.05, 4.69) is 11.0 Å². The lowest BCUT2D eigenvalue weighted by molar-refractivity contribution is 0.0827. The third kappa shape index (κ3) is 2.28. The highest BCUT2D eigenvalue weighted by Gasteiger charge is 2.18. The zero-order valence-electron chi connectivity index (χ0n) is 10.9. The van der Waals surface area contributed by atoms with Crippen molar-refractivity contribution in [3.63, 3.8) is 0 Å². The zero-order valence-corrected chi connectivity index (χ0v) is 10.9. The Morgan fingerprint density at radius 2 is 1.88 bits per heavy atom. The van der Waals surface area contributed by atoms with Gasteiger partial charge in [0, 0.05) is 38.4 Å². The van der Waals surface area contributed by atoms with Crippen LogP contribution in [-0.4, -0.2) is 38.0 Å². The molecule has 1 aromatic carbocycles. The van der Waals surface area contributed by atoms with Crippen molar-refractivity contribution in [3.05, 3.63) is 29.3 Å². The molecule has 1 aliphatic heterocycles. The Labute approximate surface area is 103 Å². The summed E-state index contributed by atoms with van der Waals surface area (Å²) in [6.07, 6.45) is 2.51. The Bertz CT molecular complexity index is 420. The van der Waals surface area contributed by atoms with Gasteiger partial charge in [-0.1, -0.05) is 6.07 Å². The topological polar surface area (TPSA) is 23.6 Å². The summed E-state index contributed by atoms with van der Waals surface area (Å²) in [5, 5.41) is 0. The summed E-state index contributed by atoms with van der Waals surface area (Å²) in [5.41, 5.74) is 3.14. The number of benzene rings is 1. The highest BCUT2D eigenvalue weighted by molar-refractivity contribution is 5.96. The first-order valence-corrected chi connectivity index (χ1v) is 6.17. The molecule has 0 spiro atoms. The molecule has 1 fully saturated rings. The first-order chi connectivity index (χ1) is 8.11. The second-order valence-corrected chi connectivity index (χ2v) is 4.84. The van der Waals surface area contributed by atoms with Gasteiger partial charge >= 0.3 is 0 Å². The van der Waals surface area contributed by atoms with Crippen LogP contribution in [0.4, 0.5) is 5.69 Å². The van der Waals surface area contributed by atoms with E-state index in [-0.39, 0.29) is 5.91 Å². The van der Waals surface area contributed by atoms with Crippen molar-refractivity contribution in [3.8, 4) is 0 Å². The fourth-order valence-electron chi connectivity index (χ4n) is 2.40. The molecule has 0 saturated carbocycles. The molecule has 0 aromatic heterocycles. The van der Waals surface area contributed by atoms with E-state index in [0.29, 0.717) is 0 Å². The van der Waals surface area contributed by atoms with Crippen molar-refractivity contribution in [2.24, 2.45) is 0 Å². The molecule has 2 rings (SSSR count). The predicted molar refractivity (Wildman–Crippen MR) is 70.6 cm³/mol. The third-order valence-electron chi connectivity index (χ3n) is 3.39. The Balaban J connectivity index is 2.36. The summed E-state index contributed by atoms with van der Waals surface area (Å²) in [6.45, 7) is 4.27. The van der Waals surface area contributed by atoms with Gasteiger partial charge in [0.1, 0.15) is 0 Å². The molecule has 1 heterocycles. The number of anilines is 1. The first-order valence-electron chi connectivity index (χ1n) is 6.17. The number of rotatable bonds is 2. The summed E-state index contributed by atoms with van der Waals surface area (Å²) in [5.74, 6) is 0.0866. The van der Waals surface area contributed by atoms with Crippen LogP contribution in [0.25, 0.3) is 0 Å². The largest absolute Gasteiger partial charge is 0.371 e. The molecule has 3 heteroatoms. The standard InChI is InChI=1S/C14H20N2O/c1-11-12(14(17)15(2)3)7-6-8-13(11)16-9-4-5-10-16/h6-8H,4-5,9-10H2,1-3H3. The fourth-order valence-corrected chi connectivity index (χ4v) is 2.40. The van der Waals surface area contributed by atoms with E-state index in [1.165, 1.54) is 18.5 Å². The highest BCUT2D eigenvalue weighted by atomic mass is 16.2. The van der Waals surface area contributed by atoms with E-state index < -0.39 is 0 Å². The maximum atomic E-state index is 12.0. The lowest BCUT2D eigenvalue weighted by atomic mass is 10.0. The second kappa shape index (κ2) is 4.78. The van der Waals surface area contributed by atoms with E-state index in [9.17, 15) is 4.79 Å². The Morgan fingerprint density at radius 1 is 1.24 bits per heavy atom. The lowest BCUT2D eigenvalue weighted by Gasteiger charge is -2.22. The van der Waals surface area contributed by atoms with Gasteiger partial charge in [0.05, 0.1) is 0 Å². The van der Waals surface area contributed by atoms with E-state index >= 15 is 0 Å². The van der Waals surface area contributed by atoms with Gasteiger partial charge in [-0.05, 0) is 37.5 Å². The molecule has 1 amide bonds. The Hall–Kier alpha value is -1.51. The molecule has 0 bridgehead atoms. The van der Waals surface area contributed by atoms with Gasteiger partial charge in [-0.2, -0.15) is 0 Å². The molecule has 3 nitrogen and oxygen atoms in total. The average molecular weight is 232 g/mol. The molecule has 0 radical (unpaired) electrons. The van der Waals surface area contributed by atoms with Gasteiger partial charge in [-0.25, -0.2) is 0 Å². The Morgan fingerprint density at radius 3 is 2.47 bits per heavy atom. The van der Waals surface area contributed by atoms with Gasteiger partial charge in [0.25, 0.3) is 5.91 Å². The highest BCUT2D eigenvalue weighted by Crippen LogP contribution is 2.26. The lowest BCUT2D eigenvalue weighted by Crippen LogP contribution is -2.24. The van der Waals surface area contributed by atoms with Crippen molar-refractivity contribution in [1.82, 2.24) is 4.90 Å². The second-order valence-electron chi connectivity index (χ2n) is 4.84. The van der Waals surface area contributed by atoms with E-state index in [1.807, 2.05) is 19.1 Å². The van der Waals surface area contributed by atoms with Crippen LogP contribution in [0.15, 0.2) is 18.2 Å². The van der Waals surface area contributed by atoms with Crippen molar-refractivity contribution >= 4 is 11.6 Å². The van der Waals surface area contributed by atoms with E-state index in [0.717, 1.165) is 24.2 Å². The first kappa shape index (κ1) is 12.0. The molecule has 17 heavy (non-hydrogen) atoms. The Kier molecular flexibility index (Phi) is 3.36. The van der Waals surface area contributed by atoms with Gasteiger partial charge in [-0.3, -0.25) is 4.79 Å². The number of carbonyl (C=O) groups is 1. The monoisotopic (exact) mass is 232 g/mol. The van der Waals surface area contributed by atoms with E-state index in [4.69, 9.17) is 0 Å². The van der Waals surface area contributed by atoms with Crippen LogP contribution in [0.1, 0.15) is 28.8 Å². The number of amides is 1. The molecule has 0 atom stereocenters. The number of hydrogen-bond acceptors (Lipinski definition) is 2. The molecule has 0 unspecified atom stereocenters. The number of hydrogen-bond donors (Lipinski definition) is 0. The summed E-state index contributed by atoms with van der Waals surface area (Å²) in [7, 11) is 3.59. The van der Waals surface area contributed by atoms with Crippen LogP contribution in [0, 0.1) is 6.92 Å². The van der Waals surface area contributed by atoms with Crippen LogP contribution in [0.2, 0.25) is 0 Å². The van der Waals surface area contributed by atoms with Gasteiger partial charge in [0.2, 0.25) is 0 Å². The minimum Gasteiger partial charge on any atom is -0.371 e. The maximum absolute atomic E-state index is 12.0. The number of carbonyl (C=O) groups excluding carboxylic acids is 1. The van der Waals surface area contributed by atoms with Gasteiger partial charge in [-0.15, -0.1) is 0 Å². The van der Waals surface area contributed by atoms with Crippen LogP contribution in [-0.2, 0) is 0 Å². The van der Waals surface area contributed by atoms with Crippen LogP contribution >= 0.6 is 0 Å². The molecule has 1 aliphatic rings. The molecule has 1 saturated heterocycles. The van der Waals surface area contributed by atoms with E-state index in [1.54, 1.807) is 19.0 Å².